The van der Waals surface area contributed by atoms with E-state index in [1.54, 1.807) is 36.4 Å². The molecule has 1 atom stereocenters. The predicted molar refractivity (Wildman–Crippen MR) is 146 cm³/mol. The third kappa shape index (κ3) is 5.13. The minimum atomic E-state index is -0.878. The Balaban J connectivity index is 1.91. The summed E-state index contributed by atoms with van der Waals surface area (Å²) in [7, 11) is 5.30. The lowest BCUT2D eigenvalue weighted by Crippen LogP contribution is -2.29. The lowest BCUT2D eigenvalue weighted by atomic mass is 9.94. The number of methoxy groups -OCH3 is 1. The first-order chi connectivity index (χ1) is 17.6. The Morgan fingerprint density at radius 3 is 2.22 bits per heavy atom. The molecule has 1 aliphatic heterocycles. The standard InChI is InChI=1S/C29H29ClN2O5/c1-17(2)37-22-13-11-21(12-14-22)32-26(18-6-9-20(10-7-18)31(3)4)25(28(34)29(32)35)27(33)23-16-19(30)8-15-24(23)36-5/h6-17,26,33H,1-5H3/b27-25+. The van der Waals surface area contributed by atoms with Crippen molar-refractivity contribution in [2.45, 2.75) is 26.0 Å². The van der Waals surface area contributed by atoms with Gasteiger partial charge in [0.1, 0.15) is 17.3 Å². The first-order valence-electron chi connectivity index (χ1n) is 11.8. The van der Waals surface area contributed by atoms with Gasteiger partial charge in [0.2, 0.25) is 0 Å². The summed E-state index contributed by atoms with van der Waals surface area (Å²) in [6.07, 6.45) is -0.0111. The highest BCUT2D eigenvalue weighted by molar-refractivity contribution is 6.51. The highest BCUT2D eigenvalue weighted by atomic mass is 35.5. The number of aliphatic hydroxyl groups is 1. The molecule has 8 heteroatoms. The molecule has 1 saturated heterocycles. The van der Waals surface area contributed by atoms with Crippen molar-refractivity contribution >= 4 is 40.4 Å². The summed E-state index contributed by atoms with van der Waals surface area (Å²) in [5, 5.41) is 11.8. The number of carbonyl (C=O) groups is 2. The number of hydrogen-bond donors (Lipinski definition) is 1. The molecule has 0 saturated carbocycles. The number of carbonyl (C=O) groups excluding carboxylic acids is 2. The molecule has 3 aromatic carbocycles. The Bertz CT molecular complexity index is 1350. The summed E-state index contributed by atoms with van der Waals surface area (Å²) in [5.74, 6) is -0.942. The number of hydrogen-bond acceptors (Lipinski definition) is 6. The Morgan fingerprint density at radius 1 is 1.00 bits per heavy atom. The summed E-state index contributed by atoms with van der Waals surface area (Å²) >= 11 is 6.20. The maximum absolute atomic E-state index is 13.4. The van der Waals surface area contributed by atoms with Gasteiger partial charge in [0.25, 0.3) is 11.7 Å². The number of benzene rings is 3. The van der Waals surface area contributed by atoms with Crippen LogP contribution < -0.4 is 19.3 Å². The molecule has 1 fully saturated rings. The van der Waals surface area contributed by atoms with Crippen molar-refractivity contribution in [3.05, 3.63) is 88.5 Å². The van der Waals surface area contributed by atoms with Crippen LogP contribution in [0.3, 0.4) is 0 Å². The zero-order valence-corrected chi connectivity index (χ0v) is 22.1. The quantitative estimate of drug-likeness (QED) is 0.240. The molecular weight excluding hydrogens is 492 g/mol. The van der Waals surface area contributed by atoms with Crippen molar-refractivity contribution in [1.29, 1.82) is 0 Å². The van der Waals surface area contributed by atoms with Crippen LogP contribution in [-0.4, -0.2) is 44.1 Å². The first kappa shape index (κ1) is 26.1. The van der Waals surface area contributed by atoms with E-state index in [-0.39, 0.29) is 23.0 Å². The van der Waals surface area contributed by atoms with Crippen molar-refractivity contribution < 1.29 is 24.2 Å². The normalized spacial score (nSPS) is 16.8. The molecule has 1 aliphatic rings. The Morgan fingerprint density at radius 2 is 1.65 bits per heavy atom. The highest BCUT2D eigenvalue weighted by Crippen LogP contribution is 2.44. The largest absolute Gasteiger partial charge is 0.507 e. The van der Waals surface area contributed by atoms with E-state index in [1.807, 2.05) is 57.1 Å². The summed E-state index contributed by atoms with van der Waals surface area (Å²) in [4.78, 5) is 30.2. The Labute approximate surface area is 221 Å². The van der Waals surface area contributed by atoms with E-state index in [0.29, 0.717) is 27.8 Å². The molecule has 192 valence electrons. The van der Waals surface area contributed by atoms with E-state index in [0.717, 1.165) is 5.69 Å². The minimum Gasteiger partial charge on any atom is -0.507 e. The van der Waals surface area contributed by atoms with Crippen LogP contribution in [0.5, 0.6) is 11.5 Å². The van der Waals surface area contributed by atoms with Crippen LogP contribution in [-0.2, 0) is 9.59 Å². The van der Waals surface area contributed by atoms with Crippen molar-refractivity contribution in [3.63, 3.8) is 0 Å². The zero-order valence-electron chi connectivity index (χ0n) is 21.4. The summed E-state index contributed by atoms with van der Waals surface area (Å²) in [5.41, 5.74) is 2.29. The average molecular weight is 521 g/mol. The van der Waals surface area contributed by atoms with Gasteiger partial charge in [-0.05, 0) is 74.0 Å². The molecule has 0 bridgehead atoms. The molecule has 0 spiro atoms. The number of halogens is 1. The van der Waals surface area contributed by atoms with E-state index < -0.39 is 17.7 Å². The number of amides is 1. The van der Waals surface area contributed by atoms with Gasteiger partial charge in [0.05, 0.1) is 30.4 Å². The van der Waals surface area contributed by atoms with Gasteiger partial charge in [-0.1, -0.05) is 23.7 Å². The molecule has 0 radical (unpaired) electrons. The fraction of sp³-hybridized carbons (Fsp3) is 0.241. The van der Waals surface area contributed by atoms with Crippen LogP contribution in [0.1, 0.15) is 31.0 Å². The van der Waals surface area contributed by atoms with E-state index in [4.69, 9.17) is 21.1 Å². The second-order valence-corrected chi connectivity index (χ2v) is 9.60. The van der Waals surface area contributed by atoms with E-state index in [1.165, 1.54) is 18.1 Å². The average Bonchev–Trinajstić information content (AvgIpc) is 3.14. The second kappa shape index (κ2) is 10.6. The molecule has 1 amide bonds. The molecule has 1 heterocycles. The van der Waals surface area contributed by atoms with Crippen LogP contribution >= 0.6 is 11.6 Å². The lowest BCUT2D eigenvalue weighted by molar-refractivity contribution is -0.132. The van der Waals surface area contributed by atoms with Gasteiger partial charge < -0.3 is 19.5 Å². The second-order valence-electron chi connectivity index (χ2n) is 9.16. The number of aliphatic hydroxyl groups excluding tert-OH is 1. The molecule has 0 aliphatic carbocycles. The van der Waals surface area contributed by atoms with Gasteiger partial charge in [-0.3, -0.25) is 14.5 Å². The molecule has 0 aromatic heterocycles. The molecule has 1 unspecified atom stereocenters. The number of ketones is 1. The molecule has 4 rings (SSSR count). The third-order valence-corrected chi connectivity index (χ3v) is 6.31. The highest BCUT2D eigenvalue weighted by Gasteiger charge is 2.47. The van der Waals surface area contributed by atoms with Crippen molar-refractivity contribution in [2.24, 2.45) is 0 Å². The number of Topliss-reactive ketones (excluding diaryl/α,β-unsaturated/α-hetero) is 1. The van der Waals surface area contributed by atoms with E-state index >= 15 is 0 Å². The van der Waals surface area contributed by atoms with E-state index in [9.17, 15) is 14.7 Å². The third-order valence-electron chi connectivity index (χ3n) is 6.07. The molecule has 37 heavy (non-hydrogen) atoms. The number of anilines is 2. The lowest BCUT2D eigenvalue weighted by Gasteiger charge is -2.26. The van der Waals surface area contributed by atoms with Gasteiger partial charge in [-0.25, -0.2) is 0 Å². The topological polar surface area (TPSA) is 79.3 Å². The first-order valence-corrected chi connectivity index (χ1v) is 12.2. The van der Waals surface area contributed by atoms with Gasteiger partial charge in [-0.15, -0.1) is 0 Å². The summed E-state index contributed by atoms with van der Waals surface area (Å²) in [6, 6.07) is 18.3. The van der Waals surface area contributed by atoms with Gasteiger partial charge in [0.15, 0.2) is 0 Å². The van der Waals surface area contributed by atoms with Crippen molar-refractivity contribution in [1.82, 2.24) is 0 Å². The van der Waals surface area contributed by atoms with Gasteiger partial charge in [-0.2, -0.15) is 0 Å². The Kier molecular flexibility index (Phi) is 7.45. The number of nitrogens with zero attached hydrogens (tertiary/aromatic N) is 2. The number of ether oxygens (including phenoxy) is 2. The molecule has 7 nitrogen and oxygen atoms in total. The van der Waals surface area contributed by atoms with Crippen LogP contribution in [0.15, 0.2) is 72.3 Å². The molecular formula is C29H29ClN2O5. The number of rotatable bonds is 7. The van der Waals surface area contributed by atoms with Crippen molar-refractivity contribution in [3.8, 4) is 11.5 Å². The summed E-state index contributed by atoms with van der Waals surface area (Å²) < 4.78 is 11.1. The fourth-order valence-electron chi connectivity index (χ4n) is 4.34. The molecule has 1 N–H and O–H groups in total. The van der Waals surface area contributed by atoms with Gasteiger partial charge in [0, 0.05) is 30.5 Å². The van der Waals surface area contributed by atoms with Crippen LogP contribution in [0, 0.1) is 0 Å². The zero-order chi connectivity index (χ0) is 26.9. The van der Waals surface area contributed by atoms with Crippen LogP contribution in [0.25, 0.3) is 5.76 Å². The van der Waals surface area contributed by atoms with Crippen molar-refractivity contribution in [2.75, 3.05) is 31.0 Å². The maximum Gasteiger partial charge on any atom is 0.300 e. The monoisotopic (exact) mass is 520 g/mol. The minimum absolute atomic E-state index is 0.0111. The van der Waals surface area contributed by atoms with Crippen LogP contribution in [0.4, 0.5) is 11.4 Å². The fourth-order valence-corrected chi connectivity index (χ4v) is 4.51. The smallest absolute Gasteiger partial charge is 0.300 e. The molecule has 3 aromatic rings. The van der Waals surface area contributed by atoms with Crippen LogP contribution in [0.2, 0.25) is 5.02 Å². The predicted octanol–water partition coefficient (Wildman–Crippen LogP) is 5.83. The SMILES string of the molecule is COc1ccc(Cl)cc1/C(O)=C1\C(=O)C(=O)N(c2ccc(OC(C)C)cc2)C1c1ccc(N(C)C)cc1. The Hall–Kier alpha value is -3.97. The summed E-state index contributed by atoms with van der Waals surface area (Å²) in [6.45, 7) is 3.85. The van der Waals surface area contributed by atoms with Gasteiger partial charge >= 0.3 is 0 Å². The maximum atomic E-state index is 13.4. The van der Waals surface area contributed by atoms with E-state index in [2.05, 4.69) is 0 Å².